The van der Waals surface area contributed by atoms with E-state index in [0.717, 1.165) is 0 Å². The minimum atomic E-state index is -0.876. The highest BCUT2D eigenvalue weighted by atomic mass is 16.7. The van der Waals surface area contributed by atoms with Gasteiger partial charge in [0.05, 0.1) is 0 Å². The van der Waals surface area contributed by atoms with Crippen LogP contribution in [0.3, 0.4) is 0 Å². The molecule has 0 saturated carbocycles. The maximum absolute atomic E-state index is 11.6. The van der Waals surface area contributed by atoms with Crippen molar-refractivity contribution in [2.45, 2.75) is 47.0 Å². The molecule has 2 unspecified atom stereocenters. The molecule has 0 heterocycles. The topological polar surface area (TPSA) is 78.6 Å². The minimum Gasteiger partial charge on any atom is -0.427 e. The molecule has 0 rings (SSSR count). The van der Waals surface area contributed by atoms with E-state index in [1.165, 1.54) is 0 Å². The summed E-state index contributed by atoms with van der Waals surface area (Å²) in [5.41, 5.74) is 5.33. The molecule has 2 atom stereocenters. The molecule has 0 saturated heterocycles. The third-order valence-corrected chi connectivity index (χ3v) is 2.15. The van der Waals surface area contributed by atoms with E-state index >= 15 is 0 Å². The van der Waals surface area contributed by atoms with Crippen molar-refractivity contribution in [3.8, 4) is 0 Å². The van der Waals surface area contributed by atoms with Gasteiger partial charge in [0.25, 0.3) is 6.47 Å². The molecule has 0 aliphatic heterocycles. The van der Waals surface area contributed by atoms with Gasteiger partial charge in [-0.25, -0.2) is 0 Å². The molecule has 2 N–H and O–H groups in total. The van der Waals surface area contributed by atoms with Gasteiger partial charge < -0.3 is 15.2 Å². The van der Waals surface area contributed by atoms with Gasteiger partial charge in [0.1, 0.15) is 6.04 Å². The van der Waals surface area contributed by atoms with Gasteiger partial charge in [-0.2, -0.15) is 0 Å². The first kappa shape index (κ1) is 14.9. The molecule has 5 nitrogen and oxygen atoms in total. The van der Waals surface area contributed by atoms with Gasteiger partial charge in [0.2, 0.25) is 6.29 Å². The fourth-order valence-corrected chi connectivity index (χ4v) is 0.917. The number of ether oxygens (including phenoxy) is 2. The van der Waals surface area contributed by atoms with Gasteiger partial charge in [-0.15, -0.1) is 0 Å². The predicted molar refractivity (Wildman–Crippen MR) is 59.3 cm³/mol. The lowest BCUT2D eigenvalue weighted by molar-refractivity contribution is -0.190. The van der Waals surface area contributed by atoms with E-state index in [4.69, 9.17) is 10.5 Å². The quantitative estimate of drug-likeness (QED) is 0.435. The first-order valence-electron chi connectivity index (χ1n) is 5.25. The monoisotopic (exact) mass is 231 g/mol. The Hall–Kier alpha value is -1.10. The molecule has 0 radical (unpaired) electrons. The molecule has 0 bridgehead atoms. The van der Waals surface area contributed by atoms with Crippen molar-refractivity contribution in [2.75, 3.05) is 0 Å². The predicted octanol–water partition coefficient (Wildman–Crippen LogP) is 1.06. The van der Waals surface area contributed by atoms with Crippen molar-refractivity contribution in [3.63, 3.8) is 0 Å². The van der Waals surface area contributed by atoms with E-state index in [0.29, 0.717) is 0 Å². The zero-order valence-electron chi connectivity index (χ0n) is 10.5. The SMILES string of the molecule is CC(C)C(OC=O)OC(=O)C(N)C(C)(C)C. The third kappa shape index (κ3) is 4.61. The summed E-state index contributed by atoms with van der Waals surface area (Å²) in [7, 11) is 0. The summed E-state index contributed by atoms with van der Waals surface area (Å²) in [5.74, 6) is -0.672. The van der Waals surface area contributed by atoms with Crippen LogP contribution in [0.4, 0.5) is 0 Å². The average molecular weight is 231 g/mol. The number of esters is 1. The van der Waals surface area contributed by atoms with Crippen LogP contribution in [0.2, 0.25) is 0 Å². The number of hydrogen-bond acceptors (Lipinski definition) is 5. The molecule has 5 heteroatoms. The normalized spacial score (nSPS) is 15.4. The Kier molecular flexibility index (Phi) is 5.44. The summed E-state index contributed by atoms with van der Waals surface area (Å²) >= 11 is 0. The highest BCUT2D eigenvalue weighted by Gasteiger charge is 2.31. The van der Waals surface area contributed by atoms with Crippen LogP contribution in [-0.2, 0) is 19.1 Å². The lowest BCUT2D eigenvalue weighted by Gasteiger charge is -2.27. The van der Waals surface area contributed by atoms with Gasteiger partial charge in [0, 0.05) is 5.92 Å². The van der Waals surface area contributed by atoms with Crippen molar-refractivity contribution < 1.29 is 19.1 Å². The van der Waals surface area contributed by atoms with Crippen molar-refractivity contribution in [1.82, 2.24) is 0 Å². The first-order chi connectivity index (χ1) is 7.20. The number of hydrogen-bond donors (Lipinski definition) is 1. The van der Waals surface area contributed by atoms with E-state index < -0.39 is 18.3 Å². The second-order valence-corrected chi connectivity index (χ2v) is 5.13. The molecule has 0 fully saturated rings. The van der Waals surface area contributed by atoms with Crippen LogP contribution >= 0.6 is 0 Å². The fourth-order valence-electron chi connectivity index (χ4n) is 0.917. The Morgan fingerprint density at radius 1 is 1.31 bits per heavy atom. The van der Waals surface area contributed by atoms with E-state index in [9.17, 15) is 9.59 Å². The molecule has 0 aromatic carbocycles. The Morgan fingerprint density at radius 3 is 2.12 bits per heavy atom. The second-order valence-electron chi connectivity index (χ2n) is 5.13. The maximum atomic E-state index is 11.6. The van der Waals surface area contributed by atoms with Crippen molar-refractivity contribution in [3.05, 3.63) is 0 Å². The second kappa shape index (κ2) is 5.84. The molecule has 94 valence electrons. The third-order valence-electron chi connectivity index (χ3n) is 2.15. The summed E-state index contributed by atoms with van der Waals surface area (Å²) in [6.07, 6.45) is -0.876. The largest absolute Gasteiger partial charge is 0.427 e. The zero-order chi connectivity index (χ0) is 12.9. The Labute approximate surface area is 96.3 Å². The molecule has 16 heavy (non-hydrogen) atoms. The van der Waals surface area contributed by atoms with Crippen LogP contribution in [0, 0.1) is 11.3 Å². The van der Waals surface area contributed by atoms with Gasteiger partial charge in [0.15, 0.2) is 0 Å². The first-order valence-corrected chi connectivity index (χ1v) is 5.25. The van der Waals surface area contributed by atoms with E-state index in [-0.39, 0.29) is 17.8 Å². The van der Waals surface area contributed by atoms with Gasteiger partial charge >= 0.3 is 5.97 Å². The summed E-state index contributed by atoms with van der Waals surface area (Å²) in [6.45, 7) is 9.34. The van der Waals surface area contributed by atoms with Crippen LogP contribution in [0.15, 0.2) is 0 Å². The van der Waals surface area contributed by atoms with E-state index in [1.807, 2.05) is 20.8 Å². The van der Waals surface area contributed by atoms with Crippen LogP contribution in [0.25, 0.3) is 0 Å². The standard InChI is InChI=1S/C11H21NO4/c1-7(2)10(15-6-13)16-9(14)8(12)11(3,4)5/h6-8,10H,12H2,1-5H3. The molecular formula is C11H21NO4. The lowest BCUT2D eigenvalue weighted by atomic mass is 9.87. The maximum Gasteiger partial charge on any atom is 0.326 e. The Bertz CT molecular complexity index is 245. The molecule has 0 aromatic rings. The van der Waals surface area contributed by atoms with Gasteiger partial charge in [-0.3, -0.25) is 9.59 Å². The number of nitrogens with two attached hydrogens (primary N) is 1. The van der Waals surface area contributed by atoms with Gasteiger partial charge in [-0.05, 0) is 5.41 Å². The van der Waals surface area contributed by atoms with Crippen LogP contribution in [-0.4, -0.2) is 24.8 Å². The highest BCUT2D eigenvalue weighted by molar-refractivity contribution is 5.76. The fraction of sp³-hybridized carbons (Fsp3) is 0.818. The van der Waals surface area contributed by atoms with Crippen molar-refractivity contribution in [1.29, 1.82) is 0 Å². The summed E-state index contributed by atoms with van der Waals surface area (Å²) in [6, 6.07) is -0.746. The average Bonchev–Trinajstić information content (AvgIpc) is 2.14. The van der Waals surface area contributed by atoms with Gasteiger partial charge in [-0.1, -0.05) is 34.6 Å². The van der Waals surface area contributed by atoms with Crippen LogP contribution in [0.1, 0.15) is 34.6 Å². The van der Waals surface area contributed by atoms with E-state index in [2.05, 4.69) is 4.74 Å². The molecule has 0 amide bonds. The minimum absolute atomic E-state index is 0.110. The summed E-state index contributed by atoms with van der Waals surface area (Å²) in [5, 5.41) is 0. The summed E-state index contributed by atoms with van der Waals surface area (Å²) in [4.78, 5) is 21.9. The summed E-state index contributed by atoms with van der Waals surface area (Å²) < 4.78 is 9.68. The molecule has 0 spiro atoms. The number of rotatable bonds is 5. The molecule has 0 aliphatic carbocycles. The molecule has 0 aliphatic rings. The van der Waals surface area contributed by atoms with Crippen LogP contribution in [0.5, 0.6) is 0 Å². The number of carbonyl (C=O) groups is 2. The number of carbonyl (C=O) groups excluding carboxylic acids is 2. The zero-order valence-corrected chi connectivity index (χ0v) is 10.5. The highest BCUT2D eigenvalue weighted by Crippen LogP contribution is 2.19. The molecule has 0 aromatic heterocycles. The Morgan fingerprint density at radius 2 is 1.81 bits per heavy atom. The molecular weight excluding hydrogens is 210 g/mol. The smallest absolute Gasteiger partial charge is 0.326 e. The lowest BCUT2D eigenvalue weighted by Crippen LogP contribution is -2.45. The van der Waals surface area contributed by atoms with E-state index in [1.54, 1.807) is 13.8 Å². The van der Waals surface area contributed by atoms with Crippen molar-refractivity contribution in [2.24, 2.45) is 17.1 Å². The Balaban J connectivity index is 4.46. The van der Waals surface area contributed by atoms with Crippen LogP contribution < -0.4 is 5.73 Å². The van der Waals surface area contributed by atoms with Crippen molar-refractivity contribution >= 4 is 12.4 Å².